The van der Waals surface area contributed by atoms with Crippen LogP contribution in [-0.2, 0) is 25.1 Å². The Bertz CT molecular complexity index is 1700. The van der Waals surface area contributed by atoms with E-state index in [1.165, 1.54) is 0 Å². The first-order valence-electron chi connectivity index (χ1n) is 13.4. The first kappa shape index (κ1) is 25.4. The molecule has 3 aromatic carbocycles. The smallest absolute Gasteiger partial charge is 0.333 e. The number of rotatable bonds is 9. The third kappa shape index (κ3) is 4.96. The van der Waals surface area contributed by atoms with Gasteiger partial charge in [0, 0.05) is 32.1 Å². The molecule has 202 valence electrons. The second-order valence-corrected chi connectivity index (χ2v) is 9.98. The summed E-state index contributed by atoms with van der Waals surface area (Å²) < 4.78 is 15.5. The number of aldehydes is 1. The molecule has 0 amide bonds. The molecule has 1 unspecified atom stereocenters. The van der Waals surface area contributed by atoms with Crippen LogP contribution in [0.1, 0.15) is 17.5 Å². The van der Waals surface area contributed by atoms with Gasteiger partial charge < -0.3 is 19.2 Å². The molecule has 0 spiro atoms. The fourth-order valence-corrected chi connectivity index (χ4v) is 5.23. The molecular formula is C32H30N4O4. The largest absolute Gasteiger partial charge is 0.473 e. The van der Waals surface area contributed by atoms with E-state index in [0.717, 1.165) is 47.1 Å². The Morgan fingerprint density at radius 1 is 0.850 bits per heavy atom. The van der Waals surface area contributed by atoms with Crippen molar-refractivity contribution in [2.24, 2.45) is 13.0 Å². The topological polar surface area (TPSA) is 78.6 Å². The Balaban J connectivity index is 1.41. The summed E-state index contributed by atoms with van der Waals surface area (Å²) >= 11 is 0. The number of ether oxygens (including phenoxy) is 2. The van der Waals surface area contributed by atoms with Crippen LogP contribution in [0, 0.1) is 5.92 Å². The molecule has 0 aliphatic carbocycles. The van der Waals surface area contributed by atoms with E-state index < -0.39 is 0 Å². The van der Waals surface area contributed by atoms with Gasteiger partial charge in [-0.05, 0) is 35.7 Å². The van der Waals surface area contributed by atoms with E-state index in [1.807, 2.05) is 84.9 Å². The van der Waals surface area contributed by atoms with Crippen LogP contribution in [0.3, 0.4) is 0 Å². The molecule has 0 saturated carbocycles. The minimum atomic E-state index is -0.210. The van der Waals surface area contributed by atoms with Crippen LogP contribution in [0.4, 0.5) is 5.69 Å². The maximum absolute atomic E-state index is 13.7. The average molecular weight is 535 g/mol. The molecule has 40 heavy (non-hydrogen) atoms. The summed E-state index contributed by atoms with van der Waals surface area (Å²) in [5.41, 5.74) is 4.80. The standard InChI is InChI=1S/C32H30N4O4/c1-34-30-26(35-18-17-25(19-35)20-37)13-8-14-27(30)36(32(34)38)28-15-16-29(39-21-23-9-4-2-5-10-23)33-31(28)40-22-24-11-6-3-7-12-24/h2-16,20,25H,17-19,21-22H2,1H3. The van der Waals surface area contributed by atoms with Gasteiger partial charge in [0.15, 0.2) is 0 Å². The lowest BCUT2D eigenvalue weighted by molar-refractivity contribution is -0.110. The van der Waals surface area contributed by atoms with Crippen LogP contribution in [-0.4, -0.2) is 33.5 Å². The van der Waals surface area contributed by atoms with Crippen LogP contribution in [0.15, 0.2) is 95.8 Å². The number of nitrogens with zero attached hydrogens (tertiary/aromatic N) is 4. The predicted molar refractivity (Wildman–Crippen MR) is 154 cm³/mol. The van der Waals surface area contributed by atoms with Crippen LogP contribution in [0.5, 0.6) is 11.8 Å². The van der Waals surface area contributed by atoms with Gasteiger partial charge in [-0.2, -0.15) is 4.98 Å². The van der Waals surface area contributed by atoms with Crippen molar-refractivity contribution in [3.8, 4) is 17.4 Å². The summed E-state index contributed by atoms with van der Waals surface area (Å²) in [5.74, 6) is 0.707. The van der Waals surface area contributed by atoms with Crippen LogP contribution in [0.2, 0.25) is 0 Å². The molecular weight excluding hydrogens is 504 g/mol. The quantitative estimate of drug-likeness (QED) is 0.250. The molecule has 1 saturated heterocycles. The zero-order chi connectivity index (χ0) is 27.5. The molecule has 1 atom stereocenters. The Morgan fingerprint density at radius 3 is 2.23 bits per heavy atom. The third-order valence-electron chi connectivity index (χ3n) is 7.31. The van der Waals surface area contributed by atoms with Gasteiger partial charge >= 0.3 is 5.69 Å². The van der Waals surface area contributed by atoms with Crippen LogP contribution < -0.4 is 20.1 Å². The summed E-state index contributed by atoms with van der Waals surface area (Å²) in [5, 5.41) is 0. The highest BCUT2D eigenvalue weighted by Gasteiger charge is 2.26. The Labute approximate surface area is 232 Å². The van der Waals surface area contributed by atoms with E-state index >= 15 is 0 Å². The van der Waals surface area contributed by atoms with Gasteiger partial charge in [0.05, 0.1) is 16.7 Å². The number of anilines is 1. The summed E-state index contributed by atoms with van der Waals surface area (Å²) in [6.07, 6.45) is 1.83. The number of para-hydroxylation sites is 1. The minimum absolute atomic E-state index is 0.00000976. The highest BCUT2D eigenvalue weighted by Crippen LogP contribution is 2.33. The maximum atomic E-state index is 13.7. The number of aromatic nitrogens is 3. The molecule has 1 aliphatic heterocycles. The minimum Gasteiger partial charge on any atom is -0.473 e. The molecule has 5 aromatic rings. The first-order chi connectivity index (χ1) is 19.6. The summed E-state index contributed by atoms with van der Waals surface area (Å²) in [4.78, 5) is 32.0. The van der Waals surface area contributed by atoms with Crippen molar-refractivity contribution < 1.29 is 14.3 Å². The zero-order valence-corrected chi connectivity index (χ0v) is 22.3. The number of carbonyl (C=O) groups is 1. The van der Waals surface area contributed by atoms with Crippen molar-refractivity contribution >= 4 is 23.0 Å². The van der Waals surface area contributed by atoms with Crippen molar-refractivity contribution in [1.29, 1.82) is 0 Å². The normalized spacial score (nSPS) is 14.9. The molecule has 0 N–H and O–H groups in total. The number of aryl methyl sites for hydroxylation is 1. The fourth-order valence-electron chi connectivity index (χ4n) is 5.23. The van der Waals surface area contributed by atoms with Crippen LogP contribution >= 0.6 is 0 Å². The summed E-state index contributed by atoms with van der Waals surface area (Å²) in [7, 11) is 1.77. The van der Waals surface area contributed by atoms with Crippen molar-refractivity contribution in [3.63, 3.8) is 0 Å². The van der Waals surface area contributed by atoms with Gasteiger partial charge in [0.1, 0.15) is 25.2 Å². The van der Waals surface area contributed by atoms with Gasteiger partial charge in [-0.3, -0.25) is 9.13 Å². The summed E-state index contributed by atoms with van der Waals surface area (Å²) in [6.45, 7) is 2.06. The van der Waals surface area contributed by atoms with Gasteiger partial charge in [0.25, 0.3) is 0 Å². The van der Waals surface area contributed by atoms with Crippen molar-refractivity contribution in [2.75, 3.05) is 18.0 Å². The van der Waals surface area contributed by atoms with Gasteiger partial charge in [-0.15, -0.1) is 0 Å². The molecule has 2 aromatic heterocycles. The second kappa shape index (κ2) is 11.1. The van der Waals surface area contributed by atoms with E-state index in [9.17, 15) is 9.59 Å². The maximum Gasteiger partial charge on any atom is 0.333 e. The average Bonchev–Trinajstić information content (AvgIpc) is 3.59. The molecule has 0 bridgehead atoms. The number of benzene rings is 3. The Morgan fingerprint density at radius 2 is 1.55 bits per heavy atom. The van der Waals surface area contributed by atoms with E-state index in [1.54, 1.807) is 22.2 Å². The lowest BCUT2D eigenvalue weighted by Gasteiger charge is -2.19. The van der Waals surface area contributed by atoms with Crippen molar-refractivity contribution in [3.05, 3.63) is 113 Å². The van der Waals surface area contributed by atoms with E-state index in [2.05, 4.69) is 4.90 Å². The Hall–Kier alpha value is -4.85. The first-order valence-corrected chi connectivity index (χ1v) is 13.4. The lowest BCUT2D eigenvalue weighted by Crippen LogP contribution is -2.23. The van der Waals surface area contributed by atoms with Gasteiger partial charge in [0.2, 0.25) is 11.8 Å². The lowest BCUT2D eigenvalue weighted by atomic mass is 10.1. The van der Waals surface area contributed by atoms with Gasteiger partial charge in [-0.25, -0.2) is 4.79 Å². The summed E-state index contributed by atoms with van der Waals surface area (Å²) in [6, 6.07) is 29.2. The molecule has 6 rings (SSSR count). The number of pyridine rings is 1. The van der Waals surface area contributed by atoms with Gasteiger partial charge in [-0.1, -0.05) is 66.7 Å². The number of carbonyl (C=O) groups excluding carboxylic acids is 1. The molecule has 0 radical (unpaired) electrons. The number of imidazole rings is 1. The predicted octanol–water partition coefficient (Wildman–Crippen LogP) is 4.91. The monoisotopic (exact) mass is 534 g/mol. The third-order valence-corrected chi connectivity index (χ3v) is 7.31. The van der Waals surface area contributed by atoms with Crippen LogP contribution in [0.25, 0.3) is 16.7 Å². The fraction of sp³-hybridized carbons (Fsp3) is 0.219. The van der Waals surface area contributed by atoms with E-state index in [0.29, 0.717) is 30.6 Å². The number of hydrogen-bond acceptors (Lipinski definition) is 6. The van der Waals surface area contributed by atoms with E-state index in [4.69, 9.17) is 14.5 Å². The second-order valence-electron chi connectivity index (χ2n) is 9.98. The number of fused-ring (bicyclic) bond motifs is 1. The molecule has 8 nitrogen and oxygen atoms in total. The van der Waals surface area contributed by atoms with E-state index in [-0.39, 0.29) is 18.2 Å². The molecule has 3 heterocycles. The van der Waals surface area contributed by atoms with Crippen molar-refractivity contribution in [1.82, 2.24) is 14.1 Å². The SMILES string of the molecule is Cn1c(=O)n(-c2ccc(OCc3ccccc3)nc2OCc2ccccc2)c2cccc(N3CCC(C=O)C3)c21. The van der Waals surface area contributed by atoms with Crippen molar-refractivity contribution in [2.45, 2.75) is 19.6 Å². The molecule has 8 heteroatoms. The zero-order valence-electron chi connectivity index (χ0n) is 22.3. The highest BCUT2D eigenvalue weighted by molar-refractivity contribution is 5.91. The highest BCUT2D eigenvalue weighted by atomic mass is 16.5. The molecule has 1 fully saturated rings. The molecule has 1 aliphatic rings. The Kier molecular flexibility index (Phi) is 7.06. The number of hydrogen-bond donors (Lipinski definition) is 0.